The molecule has 1 aliphatic rings. The van der Waals surface area contributed by atoms with Gasteiger partial charge in [-0.15, -0.1) is 0 Å². The number of benzene rings is 1. The molecule has 1 aromatic carbocycles. The summed E-state index contributed by atoms with van der Waals surface area (Å²) in [4.78, 5) is 24.7. The number of hydrogen-bond donors (Lipinski definition) is 2. The molecule has 3 N–H and O–H groups in total. The van der Waals surface area contributed by atoms with Crippen molar-refractivity contribution in [1.29, 1.82) is 0 Å². The molecule has 1 heterocycles. The Morgan fingerprint density at radius 3 is 2.65 bits per heavy atom. The van der Waals surface area contributed by atoms with Gasteiger partial charge in [0, 0.05) is 13.1 Å². The molecule has 3 amide bonds. The van der Waals surface area contributed by atoms with Gasteiger partial charge in [-0.25, -0.2) is 4.79 Å². The number of nitrogens with two attached hydrogens (primary N) is 1. The molecule has 0 aliphatic carbocycles. The lowest BCUT2D eigenvalue weighted by atomic mass is 10.1. The number of likely N-dealkylation sites (tertiary alicyclic amines) is 1. The van der Waals surface area contributed by atoms with E-state index in [1.807, 2.05) is 0 Å². The van der Waals surface area contributed by atoms with Crippen molar-refractivity contribution in [2.75, 3.05) is 13.1 Å². The third-order valence-corrected chi connectivity index (χ3v) is 3.93. The van der Waals surface area contributed by atoms with Crippen molar-refractivity contribution in [2.45, 2.75) is 25.6 Å². The van der Waals surface area contributed by atoms with Crippen LogP contribution in [0.3, 0.4) is 0 Å². The molecule has 1 saturated heterocycles. The molecule has 1 aromatic rings. The topological polar surface area (TPSA) is 75.4 Å². The van der Waals surface area contributed by atoms with Crippen molar-refractivity contribution in [3.63, 3.8) is 0 Å². The number of nitrogens with zero attached hydrogens (tertiary/aromatic N) is 1. The van der Waals surface area contributed by atoms with E-state index in [1.54, 1.807) is 6.92 Å². The third kappa shape index (κ3) is 4.14. The van der Waals surface area contributed by atoms with E-state index in [0.29, 0.717) is 18.5 Å². The van der Waals surface area contributed by atoms with Gasteiger partial charge in [-0.3, -0.25) is 4.79 Å². The Bertz CT molecular complexity index is 604. The van der Waals surface area contributed by atoms with Crippen LogP contribution < -0.4 is 11.1 Å². The highest BCUT2D eigenvalue weighted by Gasteiger charge is 2.32. The predicted molar refractivity (Wildman–Crippen MR) is 77.3 cm³/mol. The summed E-state index contributed by atoms with van der Waals surface area (Å²) in [6.07, 6.45) is -3.93. The first-order chi connectivity index (χ1) is 10.7. The zero-order valence-corrected chi connectivity index (χ0v) is 12.6. The molecule has 0 spiro atoms. The van der Waals surface area contributed by atoms with Crippen LogP contribution in [-0.4, -0.2) is 29.9 Å². The Morgan fingerprint density at radius 1 is 1.39 bits per heavy atom. The molecule has 0 unspecified atom stereocenters. The van der Waals surface area contributed by atoms with Crippen molar-refractivity contribution in [3.05, 3.63) is 35.4 Å². The number of urea groups is 1. The molecule has 8 heteroatoms. The molecule has 0 radical (unpaired) electrons. The van der Waals surface area contributed by atoms with Gasteiger partial charge in [0.1, 0.15) is 0 Å². The number of carbonyl (C=O) groups excluding carboxylic acids is 2. The summed E-state index contributed by atoms with van der Waals surface area (Å²) in [6, 6.07) is 3.82. The molecule has 2 atom stereocenters. The number of nitrogens with one attached hydrogen (secondary N) is 1. The highest BCUT2D eigenvalue weighted by atomic mass is 19.4. The van der Waals surface area contributed by atoms with Crippen LogP contribution in [0.25, 0.3) is 0 Å². The molecular formula is C15H18F3N3O2. The van der Waals surface area contributed by atoms with Gasteiger partial charge < -0.3 is 16.0 Å². The maximum absolute atomic E-state index is 12.7. The number of halogens is 3. The van der Waals surface area contributed by atoms with Crippen LogP contribution in [0.2, 0.25) is 0 Å². The van der Waals surface area contributed by atoms with Crippen LogP contribution in [0, 0.1) is 5.92 Å². The van der Waals surface area contributed by atoms with Crippen LogP contribution in [0.1, 0.15) is 30.5 Å². The quantitative estimate of drug-likeness (QED) is 0.893. The zero-order valence-electron chi connectivity index (χ0n) is 12.6. The van der Waals surface area contributed by atoms with Crippen molar-refractivity contribution < 1.29 is 22.8 Å². The van der Waals surface area contributed by atoms with E-state index in [-0.39, 0.29) is 12.5 Å². The van der Waals surface area contributed by atoms with Crippen molar-refractivity contribution in [3.8, 4) is 0 Å². The summed E-state index contributed by atoms with van der Waals surface area (Å²) in [7, 11) is 0. The second-order valence-electron chi connectivity index (χ2n) is 5.63. The number of carbonyl (C=O) groups is 2. The highest BCUT2D eigenvalue weighted by molar-refractivity contribution is 5.80. The van der Waals surface area contributed by atoms with Gasteiger partial charge in [-0.1, -0.05) is 12.1 Å². The molecule has 23 heavy (non-hydrogen) atoms. The summed E-state index contributed by atoms with van der Waals surface area (Å²) in [5.74, 6) is -0.823. The second-order valence-corrected chi connectivity index (χ2v) is 5.63. The van der Waals surface area contributed by atoms with E-state index < -0.39 is 29.7 Å². The molecule has 0 saturated carbocycles. The van der Waals surface area contributed by atoms with Gasteiger partial charge in [0.05, 0.1) is 17.5 Å². The summed E-state index contributed by atoms with van der Waals surface area (Å²) >= 11 is 0. The van der Waals surface area contributed by atoms with Crippen LogP contribution in [0.15, 0.2) is 24.3 Å². The number of hydrogen-bond acceptors (Lipinski definition) is 2. The van der Waals surface area contributed by atoms with Gasteiger partial charge in [-0.05, 0) is 31.0 Å². The summed E-state index contributed by atoms with van der Waals surface area (Å²) in [6.45, 7) is 2.24. The summed E-state index contributed by atoms with van der Waals surface area (Å²) in [5.41, 5.74) is 4.81. The van der Waals surface area contributed by atoms with Gasteiger partial charge in [0.25, 0.3) is 0 Å². The number of primary amides is 1. The smallest absolute Gasteiger partial charge is 0.369 e. The van der Waals surface area contributed by atoms with Crippen molar-refractivity contribution in [2.24, 2.45) is 11.7 Å². The Hall–Kier alpha value is -2.25. The van der Waals surface area contributed by atoms with Gasteiger partial charge >= 0.3 is 12.2 Å². The van der Waals surface area contributed by atoms with Gasteiger partial charge in [0.2, 0.25) is 5.91 Å². The van der Waals surface area contributed by atoms with Crippen molar-refractivity contribution in [1.82, 2.24) is 10.2 Å². The van der Waals surface area contributed by atoms with Crippen LogP contribution in [-0.2, 0) is 11.0 Å². The number of rotatable bonds is 3. The molecule has 5 nitrogen and oxygen atoms in total. The molecule has 0 bridgehead atoms. The number of alkyl halides is 3. The third-order valence-electron chi connectivity index (χ3n) is 3.93. The average molecular weight is 329 g/mol. The Kier molecular flexibility index (Phi) is 4.82. The minimum atomic E-state index is -4.43. The lowest BCUT2D eigenvalue weighted by Gasteiger charge is -2.21. The first-order valence-electron chi connectivity index (χ1n) is 7.20. The van der Waals surface area contributed by atoms with Crippen molar-refractivity contribution >= 4 is 11.9 Å². The van der Waals surface area contributed by atoms with Gasteiger partial charge in [-0.2, -0.15) is 13.2 Å². The Morgan fingerprint density at radius 2 is 2.09 bits per heavy atom. The first kappa shape index (κ1) is 17.1. The highest BCUT2D eigenvalue weighted by Crippen LogP contribution is 2.30. The fourth-order valence-corrected chi connectivity index (χ4v) is 2.52. The standard InChI is InChI=1S/C15H18F3N3O2/c1-9(10-3-2-4-12(7-10)15(16,17)18)20-14(23)21-6-5-11(8-21)13(19)22/h2-4,7,9,11H,5-6,8H2,1H3,(H2,19,22)(H,20,23)/t9-,11-/m0/s1. The Labute approximate surface area is 131 Å². The minimum absolute atomic E-state index is 0.233. The van der Waals surface area contributed by atoms with Crippen LogP contribution in [0.4, 0.5) is 18.0 Å². The van der Waals surface area contributed by atoms with Crippen LogP contribution >= 0.6 is 0 Å². The molecule has 1 aliphatic heterocycles. The normalized spacial score (nSPS) is 19.5. The largest absolute Gasteiger partial charge is 0.416 e. The Balaban J connectivity index is 2.01. The van der Waals surface area contributed by atoms with E-state index in [9.17, 15) is 22.8 Å². The van der Waals surface area contributed by atoms with E-state index in [4.69, 9.17) is 5.73 Å². The minimum Gasteiger partial charge on any atom is -0.369 e. The molecule has 126 valence electrons. The molecule has 2 rings (SSSR count). The second kappa shape index (κ2) is 6.47. The summed E-state index contributed by atoms with van der Waals surface area (Å²) in [5, 5.41) is 2.64. The lowest BCUT2D eigenvalue weighted by molar-refractivity contribution is -0.137. The molecule has 0 aromatic heterocycles. The van der Waals surface area contributed by atoms with E-state index in [1.165, 1.54) is 17.0 Å². The fraction of sp³-hybridized carbons (Fsp3) is 0.467. The fourth-order valence-electron chi connectivity index (χ4n) is 2.52. The maximum Gasteiger partial charge on any atom is 0.416 e. The average Bonchev–Trinajstić information content (AvgIpc) is 2.96. The molecular weight excluding hydrogens is 311 g/mol. The van der Waals surface area contributed by atoms with E-state index in [2.05, 4.69) is 5.32 Å². The number of amides is 3. The zero-order chi connectivity index (χ0) is 17.2. The van der Waals surface area contributed by atoms with Gasteiger partial charge in [0.15, 0.2) is 0 Å². The van der Waals surface area contributed by atoms with Crippen LogP contribution in [0.5, 0.6) is 0 Å². The lowest BCUT2D eigenvalue weighted by Crippen LogP contribution is -2.40. The molecule has 1 fully saturated rings. The first-order valence-corrected chi connectivity index (χ1v) is 7.20. The van der Waals surface area contributed by atoms with E-state index >= 15 is 0 Å². The SMILES string of the molecule is C[C@H](NC(=O)N1CC[C@H](C(N)=O)C1)c1cccc(C(F)(F)F)c1. The maximum atomic E-state index is 12.7. The van der Waals surface area contributed by atoms with E-state index in [0.717, 1.165) is 12.1 Å². The monoisotopic (exact) mass is 329 g/mol. The predicted octanol–water partition coefficient (Wildman–Crippen LogP) is 2.28. The summed E-state index contributed by atoms with van der Waals surface area (Å²) < 4.78 is 38.2.